The fourth-order valence-electron chi connectivity index (χ4n) is 2.84. The van der Waals surface area contributed by atoms with Gasteiger partial charge in [0.15, 0.2) is 0 Å². The first-order chi connectivity index (χ1) is 13.0. The number of ether oxygens (including phenoxy) is 1. The number of hydrogen-bond acceptors (Lipinski definition) is 3. The highest BCUT2D eigenvalue weighted by atomic mass is 19.1. The molecular weight excluding hydrogens is 345 g/mol. The van der Waals surface area contributed by atoms with Crippen LogP contribution in [0.1, 0.15) is 16.7 Å². The van der Waals surface area contributed by atoms with Crippen LogP contribution in [-0.4, -0.2) is 4.92 Å². The van der Waals surface area contributed by atoms with Crippen molar-refractivity contribution < 1.29 is 14.1 Å². The molecule has 0 aliphatic carbocycles. The average molecular weight is 363 g/mol. The summed E-state index contributed by atoms with van der Waals surface area (Å²) >= 11 is 0. The van der Waals surface area contributed by atoms with E-state index in [0.717, 1.165) is 17.3 Å². The molecule has 136 valence electrons. The molecule has 3 aromatic rings. The fraction of sp³-hybridized carbons (Fsp3) is 0.0909. The van der Waals surface area contributed by atoms with Crippen LogP contribution in [0.3, 0.4) is 0 Å². The lowest BCUT2D eigenvalue weighted by Gasteiger charge is -2.17. The summed E-state index contributed by atoms with van der Waals surface area (Å²) in [7, 11) is 0. The van der Waals surface area contributed by atoms with Crippen molar-refractivity contribution in [2.45, 2.75) is 13.5 Å². The summed E-state index contributed by atoms with van der Waals surface area (Å²) in [5.74, 6) is 0.196. The molecule has 0 amide bonds. The molecule has 3 aromatic carbocycles. The molecule has 0 saturated heterocycles. The Morgan fingerprint density at radius 3 is 2.56 bits per heavy atom. The normalized spacial score (nSPS) is 10.9. The Balaban J connectivity index is 2.09. The van der Waals surface area contributed by atoms with Gasteiger partial charge in [0.05, 0.1) is 4.92 Å². The van der Waals surface area contributed by atoms with Crippen LogP contribution < -0.4 is 4.74 Å². The summed E-state index contributed by atoms with van der Waals surface area (Å²) in [5.41, 5.74) is 3.68. The largest absolute Gasteiger partial charge is 0.488 e. The zero-order valence-corrected chi connectivity index (χ0v) is 14.8. The summed E-state index contributed by atoms with van der Waals surface area (Å²) in [4.78, 5) is 10.2. The van der Waals surface area contributed by atoms with E-state index in [1.807, 2.05) is 43.3 Å². The van der Waals surface area contributed by atoms with E-state index < -0.39 is 4.92 Å². The number of halogens is 1. The van der Waals surface area contributed by atoms with Gasteiger partial charge in [-0.1, -0.05) is 54.6 Å². The zero-order chi connectivity index (χ0) is 19.2. The minimum atomic E-state index is -0.528. The third kappa shape index (κ3) is 4.58. The lowest BCUT2D eigenvalue weighted by atomic mass is 9.95. The maximum Gasteiger partial charge on any atom is 0.235 e. The fourth-order valence-corrected chi connectivity index (χ4v) is 2.84. The Hall–Kier alpha value is -3.47. The van der Waals surface area contributed by atoms with Crippen LogP contribution in [0.15, 0.2) is 72.9 Å². The lowest BCUT2D eigenvalue weighted by molar-refractivity contribution is -0.400. The van der Waals surface area contributed by atoms with Crippen LogP contribution in [0.25, 0.3) is 17.2 Å². The van der Waals surface area contributed by atoms with Crippen molar-refractivity contribution >= 4 is 6.08 Å². The van der Waals surface area contributed by atoms with Crippen molar-refractivity contribution in [3.63, 3.8) is 0 Å². The number of aryl methyl sites for hydroxylation is 1. The average Bonchev–Trinajstić information content (AvgIpc) is 2.66. The quantitative estimate of drug-likeness (QED) is 0.421. The zero-order valence-electron chi connectivity index (χ0n) is 14.8. The number of rotatable bonds is 6. The van der Waals surface area contributed by atoms with Gasteiger partial charge in [0, 0.05) is 11.6 Å². The van der Waals surface area contributed by atoms with Gasteiger partial charge < -0.3 is 4.74 Å². The van der Waals surface area contributed by atoms with Gasteiger partial charge in [0.25, 0.3) is 0 Å². The minimum absolute atomic E-state index is 0.340. The molecule has 0 aromatic heterocycles. The highest BCUT2D eigenvalue weighted by Gasteiger charge is 2.15. The monoisotopic (exact) mass is 363 g/mol. The first-order valence-corrected chi connectivity index (χ1v) is 8.42. The Morgan fingerprint density at radius 2 is 1.85 bits per heavy atom. The molecule has 27 heavy (non-hydrogen) atoms. The summed E-state index contributed by atoms with van der Waals surface area (Å²) in [5, 5.41) is 10.8. The van der Waals surface area contributed by atoms with E-state index >= 15 is 0 Å². The van der Waals surface area contributed by atoms with Gasteiger partial charge in [0.1, 0.15) is 18.2 Å². The minimum Gasteiger partial charge on any atom is -0.488 e. The van der Waals surface area contributed by atoms with Crippen molar-refractivity contribution in [3.8, 4) is 16.9 Å². The second-order valence-corrected chi connectivity index (χ2v) is 6.06. The van der Waals surface area contributed by atoms with E-state index in [1.54, 1.807) is 18.2 Å². The molecule has 4 nitrogen and oxygen atoms in total. The summed E-state index contributed by atoms with van der Waals surface area (Å²) in [6.45, 7) is 2.23. The third-order valence-electron chi connectivity index (χ3n) is 4.10. The van der Waals surface area contributed by atoms with E-state index in [1.165, 1.54) is 18.2 Å². The summed E-state index contributed by atoms with van der Waals surface area (Å²) < 4.78 is 19.9. The second kappa shape index (κ2) is 8.27. The van der Waals surface area contributed by atoms with Gasteiger partial charge in [-0.3, -0.25) is 10.1 Å². The molecule has 0 atom stereocenters. The van der Waals surface area contributed by atoms with Crippen LogP contribution in [-0.2, 0) is 6.61 Å². The van der Waals surface area contributed by atoms with Crippen LogP contribution in [0.2, 0.25) is 0 Å². The maximum atomic E-state index is 13.8. The SMILES string of the molecule is Cc1ccc(/C=C/[N+](=O)[O-])c(-c2cccc(F)c2)c1OCc1ccccc1. The van der Waals surface area contributed by atoms with Crippen molar-refractivity contribution in [3.05, 3.63) is 106 Å². The van der Waals surface area contributed by atoms with E-state index in [9.17, 15) is 14.5 Å². The molecule has 0 unspecified atom stereocenters. The molecule has 0 saturated carbocycles. The number of nitro groups is 1. The van der Waals surface area contributed by atoms with Gasteiger partial charge in [0.2, 0.25) is 6.20 Å². The van der Waals surface area contributed by atoms with Crippen LogP contribution in [0, 0.1) is 22.9 Å². The van der Waals surface area contributed by atoms with Crippen molar-refractivity contribution in [1.29, 1.82) is 0 Å². The Morgan fingerprint density at radius 1 is 1.07 bits per heavy atom. The predicted octanol–water partition coefficient (Wildman–Crippen LogP) is 5.63. The molecule has 0 aliphatic rings. The number of hydrogen-bond donors (Lipinski definition) is 0. The lowest BCUT2D eigenvalue weighted by Crippen LogP contribution is -2.00. The van der Waals surface area contributed by atoms with Gasteiger partial charge in [-0.05, 0) is 41.3 Å². The van der Waals surface area contributed by atoms with Crippen LogP contribution in [0.5, 0.6) is 5.75 Å². The maximum absolute atomic E-state index is 13.8. The molecule has 0 radical (unpaired) electrons. The standard InChI is InChI=1S/C22H18FNO3/c1-16-10-11-18(12-13-24(25)26)21(19-8-5-9-20(23)14-19)22(16)27-15-17-6-3-2-4-7-17/h2-14H,15H2,1H3/b13-12+. The van der Waals surface area contributed by atoms with Gasteiger partial charge in [-0.2, -0.15) is 0 Å². The van der Waals surface area contributed by atoms with E-state index in [0.29, 0.717) is 29.0 Å². The van der Waals surface area contributed by atoms with E-state index in [4.69, 9.17) is 4.74 Å². The Labute approximate surface area is 156 Å². The predicted molar refractivity (Wildman–Crippen MR) is 103 cm³/mol. The third-order valence-corrected chi connectivity index (χ3v) is 4.10. The second-order valence-electron chi connectivity index (χ2n) is 6.06. The Kier molecular flexibility index (Phi) is 5.61. The summed E-state index contributed by atoms with van der Waals surface area (Å²) in [6, 6.07) is 19.4. The molecular formula is C22H18FNO3. The van der Waals surface area contributed by atoms with Crippen molar-refractivity contribution in [2.75, 3.05) is 0 Å². The first kappa shape index (κ1) is 18.3. The van der Waals surface area contributed by atoms with Crippen LogP contribution >= 0.6 is 0 Å². The van der Waals surface area contributed by atoms with Crippen molar-refractivity contribution in [2.24, 2.45) is 0 Å². The van der Waals surface area contributed by atoms with Gasteiger partial charge >= 0.3 is 0 Å². The Bertz CT molecular complexity index is 984. The van der Waals surface area contributed by atoms with Crippen LogP contribution in [0.4, 0.5) is 4.39 Å². The molecule has 5 heteroatoms. The topological polar surface area (TPSA) is 52.4 Å². The highest BCUT2D eigenvalue weighted by Crippen LogP contribution is 2.37. The first-order valence-electron chi connectivity index (χ1n) is 8.42. The number of nitrogens with zero attached hydrogens (tertiary/aromatic N) is 1. The van der Waals surface area contributed by atoms with E-state index in [2.05, 4.69) is 0 Å². The highest BCUT2D eigenvalue weighted by molar-refractivity contribution is 5.81. The molecule has 0 aliphatic heterocycles. The number of benzene rings is 3. The summed E-state index contributed by atoms with van der Waals surface area (Å²) in [6.07, 6.45) is 2.27. The molecule has 0 heterocycles. The molecule has 0 spiro atoms. The molecule has 0 bridgehead atoms. The molecule has 3 rings (SSSR count). The van der Waals surface area contributed by atoms with Gasteiger partial charge in [-0.15, -0.1) is 0 Å². The molecule has 0 N–H and O–H groups in total. The van der Waals surface area contributed by atoms with Gasteiger partial charge in [-0.25, -0.2) is 4.39 Å². The molecule has 0 fully saturated rings. The smallest absolute Gasteiger partial charge is 0.235 e. The van der Waals surface area contributed by atoms with Crippen molar-refractivity contribution in [1.82, 2.24) is 0 Å². The van der Waals surface area contributed by atoms with E-state index in [-0.39, 0.29) is 5.82 Å².